The maximum absolute atomic E-state index is 12.0. The number of amides is 1. The lowest BCUT2D eigenvalue weighted by atomic mass is 10.3. The molecule has 0 spiro atoms. The molecule has 0 radical (unpaired) electrons. The second kappa shape index (κ2) is 11.1. The summed E-state index contributed by atoms with van der Waals surface area (Å²) in [5.74, 6) is 2.85. The predicted octanol–water partition coefficient (Wildman–Crippen LogP) is 4.22. The van der Waals surface area contributed by atoms with Crippen LogP contribution < -0.4 is 14.8 Å². The largest absolute Gasteiger partial charge is 0.490 e. The number of nitrogens with one attached hydrogen (secondary N) is 1. The van der Waals surface area contributed by atoms with Crippen molar-refractivity contribution in [3.8, 4) is 17.4 Å². The number of para-hydroxylation sites is 2. The molecule has 0 aliphatic rings. The number of hydrogen-bond acceptors (Lipinski definition) is 6. The summed E-state index contributed by atoms with van der Waals surface area (Å²) in [7, 11) is 0. The quantitative estimate of drug-likeness (QED) is 0.541. The van der Waals surface area contributed by atoms with Crippen LogP contribution in [0.4, 0.5) is 0 Å². The lowest BCUT2D eigenvalue weighted by molar-refractivity contribution is -0.118. The van der Waals surface area contributed by atoms with Gasteiger partial charge in [0.15, 0.2) is 11.5 Å². The number of carbonyl (C=O) groups excluding carboxylic acids is 1. The highest BCUT2D eigenvalue weighted by atomic mass is 32.2. The van der Waals surface area contributed by atoms with Gasteiger partial charge in [0.2, 0.25) is 11.8 Å². The van der Waals surface area contributed by atoms with Crippen LogP contribution >= 0.6 is 11.8 Å². The summed E-state index contributed by atoms with van der Waals surface area (Å²) in [5, 5.41) is 2.90. The highest BCUT2D eigenvalue weighted by molar-refractivity contribution is 7.99. The zero-order valence-electron chi connectivity index (χ0n) is 16.2. The Hall–Kier alpha value is -3.06. The van der Waals surface area contributed by atoms with Gasteiger partial charge in [-0.3, -0.25) is 9.78 Å². The molecule has 1 N–H and O–H groups in total. The molecule has 3 rings (SSSR count). The van der Waals surface area contributed by atoms with Crippen molar-refractivity contribution in [3.63, 3.8) is 0 Å². The number of pyridine rings is 2. The first kappa shape index (κ1) is 20.7. The van der Waals surface area contributed by atoms with Crippen molar-refractivity contribution >= 4 is 17.7 Å². The first-order valence-electron chi connectivity index (χ1n) is 9.33. The van der Waals surface area contributed by atoms with E-state index in [0.717, 1.165) is 11.3 Å². The van der Waals surface area contributed by atoms with Crippen molar-refractivity contribution in [2.45, 2.75) is 19.2 Å². The summed E-state index contributed by atoms with van der Waals surface area (Å²) in [4.78, 5) is 20.6. The SMILES string of the molecule is CCOc1ccccc1Oc1ccc(CNC(=O)CSCc2ccccn2)cn1. The van der Waals surface area contributed by atoms with E-state index in [0.29, 0.717) is 42.0 Å². The molecule has 3 aromatic rings. The second-order valence-corrected chi connectivity index (χ2v) is 7.06. The Kier molecular flexibility index (Phi) is 7.89. The Balaban J connectivity index is 1.44. The van der Waals surface area contributed by atoms with Gasteiger partial charge in [-0.1, -0.05) is 24.3 Å². The zero-order valence-corrected chi connectivity index (χ0v) is 17.0. The van der Waals surface area contributed by atoms with Crippen LogP contribution in [0.2, 0.25) is 0 Å². The molecule has 1 aromatic carbocycles. The molecule has 1 amide bonds. The maximum Gasteiger partial charge on any atom is 0.230 e. The van der Waals surface area contributed by atoms with Crippen LogP contribution in [-0.4, -0.2) is 28.2 Å². The molecule has 0 unspecified atom stereocenters. The maximum atomic E-state index is 12.0. The molecule has 0 saturated carbocycles. The Bertz CT molecular complexity index is 905. The van der Waals surface area contributed by atoms with Gasteiger partial charge in [-0.25, -0.2) is 4.98 Å². The van der Waals surface area contributed by atoms with Crippen molar-refractivity contribution in [1.82, 2.24) is 15.3 Å². The van der Waals surface area contributed by atoms with Crippen LogP contribution in [0.3, 0.4) is 0 Å². The van der Waals surface area contributed by atoms with E-state index in [9.17, 15) is 4.79 Å². The van der Waals surface area contributed by atoms with Gasteiger partial charge < -0.3 is 14.8 Å². The van der Waals surface area contributed by atoms with Crippen LogP contribution in [0.15, 0.2) is 67.0 Å². The fourth-order valence-corrected chi connectivity index (χ4v) is 3.25. The van der Waals surface area contributed by atoms with Gasteiger partial charge in [0.1, 0.15) is 0 Å². The van der Waals surface area contributed by atoms with Crippen molar-refractivity contribution < 1.29 is 14.3 Å². The minimum atomic E-state index is -0.0168. The van der Waals surface area contributed by atoms with E-state index in [-0.39, 0.29) is 5.91 Å². The van der Waals surface area contributed by atoms with Gasteiger partial charge in [-0.05, 0) is 36.8 Å². The third-order valence-electron chi connectivity index (χ3n) is 3.86. The summed E-state index contributed by atoms with van der Waals surface area (Å²) in [6, 6.07) is 16.9. The van der Waals surface area contributed by atoms with Crippen LogP contribution in [-0.2, 0) is 17.1 Å². The topological polar surface area (TPSA) is 73.3 Å². The minimum absolute atomic E-state index is 0.0168. The molecule has 6 nitrogen and oxygen atoms in total. The molecule has 0 aliphatic heterocycles. The fourth-order valence-electron chi connectivity index (χ4n) is 2.48. The number of benzene rings is 1. The average Bonchev–Trinajstić information content (AvgIpc) is 2.76. The number of rotatable bonds is 10. The molecule has 0 bridgehead atoms. The molecule has 29 heavy (non-hydrogen) atoms. The van der Waals surface area contributed by atoms with Crippen molar-refractivity contribution in [2.24, 2.45) is 0 Å². The van der Waals surface area contributed by atoms with Crippen molar-refractivity contribution in [1.29, 1.82) is 0 Å². The standard InChI is InChI=1S/C22H23N3O3S/c1-2-27-19-8-3-4-9-20(19)28-22-11-10-17(14-25-22)13-24-21(26)16-29-15-18-7-5-6-12-23-18/h3-12,14H,2,13,15-16H2,1H3,(H,24,26). The normalized spacial score (nSPS) is 10.4. The third kappa shape index (κ3) is 6.80. The summed E-state index contributed by atoms with van der Waals surface area (Å²) in [6.45, 7) is 2.91. The summed E-state index contributed by atoms with van der Waals surface area (Å²) in [6.07, 6.45) is 3.45. The molecule has 2 aromatic heterocycles. The average molecular weight is 410 g/mol. The number of carbonyl (C=O) groups is 1. The third-order valence-corrected chi connectivity index (χ3v) is 4.83. The fraction of sp³-hybridized carbons (Fsp3) is 0.227. The number of ether oxygens (including phenoxy) is 2. The lowest BCUT2D eigenvalue weighted by Gasteiger charge is -2.11. The first-order chi connectivity index (χ1) is 14.2. The van der Waals surface area contributed by atoms with Crippen LogP contribution in [0, 0.1) is 0 Å². The number of thioether (sulfide) groups is 1. The number of aromatic nitrogens is 2. The number of nitrogens with zero attached hydrogens (tertiary/aromatic N) is 2. The summed E-state index contributed by atoms with van der Waals surface area (Å²) >= 11 is 1.54. The Morgan fingerprint density at radius 2 is 1.86 bits per heavy atom. The van der Waals surface area contributed by atoms with Crippen LogP contribution in [0.5, 0.6) is 17.4 Å². The molecule has 2 heterocycles. The Morgan fingerprint density at radius 3 is 2.59 bits per heavy atom. The molecule has 0 atom stereocenters. The molecular weight excluding hydrogens is 386 g/mol. The summed E-state index contributed by atoms with van der Waals surface area (Å²) < 4.78 is 11.4. The second-order valence-electron chi connectivity index (χ2n) is 6.08. The highest BCUT2D eigenvalue weighted by Gasteiger charge is 2.07. The summed E-state index contributed by atoms with van der Waals surface area (Å²) in [5.41, 5.74) is 1.87. The van der Waals surface area contributed by atoms with E-state index in [1.54, 1.807) is 18.5 Å². The minimum Gasteiger partial charge on any atom is -0.490 e. The molecule has 0 fully saturated rings. The first-order valence-corrected chi connectivity index (χ1v) is 10.5. The predicted molar refractivity (Wildman–Crippen MR) is 114 cm³/mol. The van der Waals surface area contributed by atoms with Crippen LogP contribution in [0.1, 0.15) is 18.2 Å². The van der Waals surface area contributed by atoms with E-state index in [1.807, 2.05) is 55.5 Å². The molecule has 150 valence electrons. The Morgan fingerprint density at radius 1 is 1.03 bits per heavy atom. The number of hydrogen-bond donors (Lipinski definition) is 1. The van der Waals surface area contributed by atoms with Gasteiger partial charge in [-0.2, -0.15) is 0 Å². The van der Waals surface area contributed by atoms with Gasteiger partial charge in [0.25, 0.3) is 0 Å². The molecule has 0 aliphatic carbocycles. The molecule has 0 saturated heterocycles. The van der Waals surface area contributed by atoms with Gasteiger partial charge in [0, 0.05) is 30.8 Å². The smallest absolute Gasteiger partial charge is 0.230 e. The van der Waals surface area contributed by atoms with E-state index in [2.05, 4.69) is 15.3 Å². The van der Waals surface area contributed by atoms with E-state index >= 15 is 0 Å². The van der Waals surface area contributed by atoms with Gasteiger partial charge >= 0.3 is 0 Å². The van der Waals surface area contributed by atoms with Gasteiger partial charge in [0.05, 0.1) is 18.1 Å². The van der Waals surface area contributed by atoms with Gasteiger partial charge in [-0.15, -0.1) is 11.8 Å². The Labute approximate surface area is 174 Å². The van der Waals surface area contributed by atoms with Crippen molar-refractivity contribution in [3.05, 3.63) is 78.2 Å². The molecule has 7 heteroatoms. The monoisotopic (exact) mass is 409 g/mol. The highest BCUT2D eigenvalue weighted by Crippen LogP contribution is 2.30. The van der Waals surface area contributed by atoms with E-state index in [1.165, 1.54) is 11.8 Å². The van der Waals surface area contributed by atoms with Crippen molar-refractivity contribution in [2.75, 3.05) is 12.4 Å². The van der Waals surface area contributed by atoms with E-state index in [4.69, 9.17) is 9.47 Å². The van der Waals surface area contributed by atoms with Crippen LogP contribution in [0.25, 0.3) is 0 Å². The zero-order chi connectivity index (χ0) is 20.3. The molecular formula is C22H23N3O3S. The van der Waals surface area contributed by atoms with E-state index < -0.39 is 0 Å². The lowest BCUT2D eigenvalue weighted by Crippen LogP contribution is -2.24.